The first-order chi connectivity index (χ1) is 11.7. The van der Waals surface area contributed by atoms with Gasteiger partial charge in [-0.25, -0.2) is 0 Å². The van der Waals surface area contributed by atoms with Crippen molar-refractivity contribution in [2.75, 3.05) is 63.2 Å². The Morgan fingerprint density at radius 2 is 2.00 bits per heavy atom. The summed E-state index contributed by atoms with van der Waals surface area (Å²) >= 11 is 0. The van der Waals surface area contributed by atoms with Crippen LogP contribution in [0.1, 0.15) is 13.3 Å². The van der Waals surface area contributed by atoms with Crippen molar-refractivity contribution in [2.45, 2.75) is 13.3 Å². The van der Waals surface area contributed by atoms with Gasteiger partial charge in [-0.15, -0.1) is 0 Å². The first-order valence-corrected chi connectivity index (χ1v) is 8.62. The van der Waals surface area contributed by atoms with Gasteiger partial charge in [0.1, 0.15) is 5.82 Å². The predicted octanol–water partition coefficient (Wildman–Crippen LogP) is 0.954. The van der Waals surface area contributed by atoms with Crippen molar-refractivity contribution in [3.63, 3.8) is 0 Å². The summed E-state index contributed by atoms with van der Waals surface area (Å²) in [5, 5.41) is 8.69. The predicted molar refractivity (Wildman–Crippen MR) is 95.6 cm³/mol. The summed E-state index contributed by atoms with van der Waals surface area (Å²) < 4.78 is 6.90. The number of ether oxygens (including phenoxy) is 1. The summed E-state index contributed by atoms with van der Waals surface area (Å²) in [4.78, 5) is 14.2. The highest BCUT2D eigenvalue weighted by Gasteiger charge is 2.21. The number of fused-ring (bicyclic) bond motifs is 1. The van der Waals surface area contributed by atoms with Gasteiger partial charge in [0.2, 0.25) is 5.95 Å². The topological polar surface area (TPSA) is 71.3 Å². The fourth-order valence-corrected chi connectivity index (χ4v) is 3.02. The number of rotatable bonds is 7. The van der Waals surface area contributed by atoms with E-state index >= 15 is 0 Å². The van der Waals surface area contributed by atoms with E-state index in [0.29, 0.717) is 5.95 Å². The zero-order chi connectivity index (χ0) is 16.9. The highest BCUT2D eigenvalue weighted by molar-refractivity contribution is 5.88. The maximum Gasteiger partial charge on any atom is 0.226 e. The van der Waals surface area contributed by atoms with Gasteiger partial charge in [0.05, 0.1) is 11.6 Å². The minimum Gasteiger partial charge on any atom is -0.385 e. The Kier molecular flexibility index (Phi) is 5.47. The number of nitrogens with one attached hydrogen (secondary N) is 1. The van der Waals surface area contributed by atoms with Crippen LogP contribution in [0.2, 0.25) is 0 Å². The summed E-state index contributed by atoms with van der Waals surface area (Å²) in [6.45, 7) is 8.94. The van der Waals surface area contributed by atoms with Gasteiger partial charge in [-0.1, -0.05) is 6.92 Å². The van der Waals surface area contributed by atoms with Crippen molar-refractivity contribution in [3.8, 4) is 0 Å². The molecule has 1 fully saturated rings. The standard InChI is InChI=1S/C16H27N7O/c1-4-22-7-9-23(10-8-22)15-13-12-18-21(2)14(13)19-16(20-15)17-6-5-11-24-3/h12H,4-11H2,1-3H3,(H,17,19,20). The van der Waals surface area contributed by atoms with Crippen molar-refractivity contribution in [1.82, 2.24) is 24.6 Å². The monoisotopic (exact) mass is 333 g/mol. The molecule has 0 atom stereocenters. The number of hydrogen-bond acceptors (Lipinski definition) is 7. The molecule has 1 N–H and O–H groups in total. The fourth-order valence-electron chi connectivity index (χ4n) is 3.02. The first-order valence-electron chi connectivity index (χ1n) is 8.62. The highest BCUT2D eigenvalue weighted by Crippen LogP contribution is 2.25. The quantitative estimate of drug-likeness (QED) is 0.757. The number of nitrogens with zero attached hydrogens (tertiary/aromatic N) is 6. The van der Waals surface area contributed by atoms with Crippen molar-refractivity contribution in [1.29, 1.82) is 0 Å². The van der Waals surface area contributed by atoms with Crippen molar-refractivity contribution >= 4 is 22.8 Å². The summed E-state index contributed by atoms with van der Waals surface area (Å²) in [6.07, 6.45) is 2.79. The molecular formula is C16H27N7O. The van der Waals surface area contributed by atoms with Gasteiger partial charge in [0, 0.05) is 53.5 Å². The minimum atomic E-state index is 0.662. The molecule has 8 nitrogen and oxygen atoms in total. The molecule has 3 rings (SSSR count). The molecule has 1 aliphatic rings. The molecule has 0 aliphatic carbocycles. The maximum absolute atomic E-state index is 5.09. The molecule has 0 aromatic carbocycles. The van der Waals surface area contributed by atoms with Crippen molar-refractivity contribution in [2.24, 2.45) is 7.05 Å². The van der Waals surface area contributed by atoms with E-state index in [2.05, 4.69) is 32.1 Å². The summed E-state index contributed by atoms with van der Waals surface area (Å²) in [5.41, 5.74) is 0.868. The zero-order valence-electron chi connectivity index (χ0n) is 14.8. The lowest BCUT2D eigenvalue weighted by Gasteiger charge is -2.35. The van der Waals surface area contributed by atoms with Gasteiger partial charge >= 0.3 is 0 Å². The van der Waals surface area contributed by atoms with E-state index in [1.54, 1.807) is 7.11 Å². The Hall–Kier alpha value is -1.93. The molecule has 2 aromatic heterocycles. The van der Waals surface area contributed by atoms with Crippen molar-refractivity contribution < 1.29 is 4.74 Å². The molecule has 3 heterocycles. The third kappa shape index (κ3) is 3.59. The van der Waals surface area contributed by atoms with E-state index in [4.69, 9.17) is 9.72 Å². The molecule has 0 amide bonds. The lowest BCUT2D eigenvalue weighted by atomic mass is 10.3. The van der Waals surface area contributed by atoms with Gasteiger partial charge in [-0.05, 0) is 13.0 Å². The first kappa shape index (κ1) is 16.9. The van der Waals surface area contributed by atoms with Crippen LogP contribution in [-0.4, -0.2) is 77.6 Å². The van der Waals surface area contributed by atoms with Crippen LogP contribution in [0, 0.1) is 0 Å². The fraction of sp³-hybridized carbons (Fsp3) is 0.688. The van der Waals surface area contributed by atoms with Crippen LogP contribution in [0.4, 0.5) is 11.8 Å². The molecule has 8 heteroatoms. The molecule has 0 bridgehead atoms. The van der Waals surface area contributed by atoms with Crippen LogP contribution in [0.5, 0.6) is 0 Å². The summed E-state index contributed by atoms with van der Waals surface area (Å²) in [7, 11) is 3.63. The minimum absolute atomic E-state index is 0.662. The molecule has 0 spiro atoms. The Bertz CT molecular complexity index is 664. The highest BCUT2D eigenvalue weighted by atomic mass is 16.5. The Balaban J connectivity index is 1.82. The number of piperazine rings is 1. The molecule has 0 radical (unpaired) electrons. The van der Waals surface area contributed by atoms with E-state index in [-0.39, 0.29) is 0 Å². The Morgan fingerprint density at radius 1 is 1.21 bits per heavy atom. The zero-order valence-corrected chi connectivity index (χ0v) is 14.8. The second-order valence-electron chi connectivity index (χ2n) is 6.07. The smallest absolute Gasteiger partial charge is 0.226 e. The molecule has 0 unspecified atom stereocenters. The van der Waals surface area contributed by atoms with Crippen LogP contribution in [-0.2, 0) is 11.8 Å². The SMILES string of the molecule is CCN1CCN(c2nc(NCCCOC)nc3c2cnn3C)CC1. The second-order valence-corrected chi connectivity index (χ2v) is 6.07. The van der Waals surface area contributed by atoms with Crippen LogP contribution in [0.3, 0.4) is 0 Å². The maximum atomic E-state index is 5.09. The Morgan fingerprint density at radius 3 is 2.71 bits per heavy atom. The van der Waals surface area contributed by atoms with E-state index < -0.39 is 0 Å². The van der Waals surface area contributed by atoms with E-state index in [9.17, 15) is 0 Å². The van der Waals surface area contributed by atoms with Crippen LogP contribution in [0.15, 0.2) is 6.20 Å². The van der Waals surface area contributed by atoms with E-state index in [1.807, 2.05) is 17.9 Å². The van der Waals surface area contributed by atoms with Gasteiger partial charge in [-0.2, -0.15) is 15.1 Å². The van der Waals surface area contributed by atoms with Crippen LogP contribution >= 0.6 is 0 Å². The summed E-state index contributed by atoms with van der Waals surface area (Å²) in [5.74, 6) is 1.65. The average molecular weight is 333 g/mol. The van der Waals surface area contributed by atoms with Crippen LogP contribution < -0.4 is 10.2 Å². The lowest BCUT2D eigenvalue weighted by molar-refractivity contribution is 0.197. The molecule has 132 valence electrons. The number of likely N-dealkylation sites (N-methyl/N-ethyl adjacent to an activating group) is 1. The molecule has 1 saturated heterocycles. The molecular weight excluding hydrogens is 306 g/mol. The second kappa shape index (κ2) is 7.76. The number of aromatic nitrogens is 4. The largest absolute Gasteiger partial charge is 0.385 e. The normalized spacial score (nSPS) is 16.0. The molecule has 2 aromatic rings. The van der Waals surface area contributed by atoms with Gasteiger partial charge < -0.3 is 19.9 Å². The molecule has 1 aliphatic heterocycles. The number of methoxy groups -OCH3 is 1. The molecule has 24 heavy (non-hydrogen) atoms. The van der Waals surface area contributed by atoms with Gasteiger partial charge in [0.25, 0.3) is 0 Å². The summed E-state index contributed by atoms with van der Waals surface area (Å²) in [6, 6.07) is 0. The van der Waals surface area contributed by atoms with Crippen molar-refractivity contribution in [3.05, 3.63) is 6.20 Å². The van der Waals surface area contributed by atoms with E-state index in [0.717, 1.165) is 69.1 Å². The van der Waals surface area contributed by atoms with E-state index in [1.165, 1.54) is 0 Å². The lowest BCUT2D eigenvalue weighted by Crippen LogP contribution is -2.46. The number of anilines is 2. The van der Waals surface area contributed by atoms with Gasteiger partial charge in [-0.3, -0.25) is 4.68 Å². The third-order valence-electron chi connectivity index (χ3n) is 4.50. The molecule has 0 saturated carbocycles. The van der Waals surface area contributed by atoms with Crippen LogP contribution in [0.25, 0.3) is 11.0 Å². The van der Waals surface area contributed by atoms with Gasteiger partial charge in [0.15, 0.2) is 5.65 Å². The third-order valence-corrected chi connectivity index (χ3v) is 4.50. The number of aryl methyl sites for hydroxylation is 1. The number of hydrogen-bond donors (Lipinski definition) is 1. The Labute approximate surface area is 142 Å². The average Bonchev–Trinajstić information content (AvgIpc) is 2.99.